The van der Waals surface area contributed by atoms with E-state index in [0.29, 0.717) is 11.3 Å². The first-order valence-electron chi connectivity index (χ1n) is 9.43. The van der Waals surface area contributed by atoms with Crippen LogP contribution in [-0.2, 0) is 17.6 Å². The number of hydrazine groups is 1. The van der Waals surface area contributed by atoms with Crippen LogP contribution in [0.4, 0.5) is 0 Å². The molecule has 1 aromatic heterocycles. The van der Waals surface area contributed by atoms with Crippen molar-refractivity contribution in [2.75, 3.05) is 6.61 Å². The normalized spacial score (nSPS) is 13.0. The first kappa shape index (κ1) is 18.1. The van der Waals surface area contributed by atoms with E-state index in [-0.39, 0.29) is 12.5 Å². The van der Waals surface area contributed by atoms with Gasteiger partial charge in [-0.1, -0.05) is 17.7 Å². The molecule has 2 aromatic carbocycles. The molecule has 0 spiro atoms. The second-order valence-electron chi connectivity index (χ2n) is 7.03. The van der Waals surface area contributed by atoms with Gasteiger partial charge in [0.1, 0.15) is 17.1 Å². The highest BCUT2D eigenvalue weighted by Crippen LogP contribution is 2.33. The van der Waals surface area contributed by atoms with Crippen LogP contribution in [0.3, 0.4) is 0 Å². The highest BCUT2D eigenvalue weighted by Gasteiger charge is 2.18. The standard InChI is InChI=1S/C22H22N2O4/c1-14-6-8-15(9-7-14)22(26)24-23-21(25)13-27-16-10-11-20-18(12-16)17-4-2-3-5-19(17)28-20/h6-12H,2-5,13H2,1H3,(H,23,25)(H,24,26). The Morgan fingerprint density at radius 1 is 1.04 bits per heavy atom. The fourth-order valence-corrected chi connectivity index (χ4v) is 3.42. The fraction of sp³-hybridized carbons (Fsp3) is 0.273. The molecule has 6 nitrogen and oxygen atoms in total. The lowest BCUT2D eigenvalue weighted by Gasteiger charge is -2.10. The Morgan fingerprint density at radius 2 is 1.82 bits per heavy atom. The molecule has 1 heterocycles. The van der Waals surface area contributed by atoms with Crippen molar-refractivity contribution >= 4 is 22.8 Å². The van der Waals surface area contributed by atoms with E-state index < -0.39 is 5.91 Å². The predicted octanol–water partition coefficient (Wildman–Crippen LogP) is 3.46. The molecule has 0 saturated carbocycles. The van der Waals surface area contributed by atoms with Gasteiger partial charge in [0.05, 0.1) is 0 Å². The lowest BCUT2D eigenvalue weighted by Crippen LogP contribution is -2.43. The van der Waals surface area contributed by atoms with Gasteiger partial charge in [-0.3, -0.25) is 20.4 Å². The molecule has 0 radical (unpaired) electrons. The average Bonchev–Trinajstić information content (AvgIpc) is 3.09. The number of aryl methyl sites for hydroxylation is 3. The topological polar surface area (TPSA) is 80.6 Å². The van der Waals surface area contributed by atoms with Gasteiger partial charge >= 0.3 is 0 Å². The van der Waals surface area contributed by atoms with Gasteiger partial charge in [0.15, 0.2) is 6.61 Å². The molecular weight excluding hydrogens is 356 g/mol. The van der Waals surface area contributed by atoms with E-state index in [1.54, 1.807) is 18.2 Å². The summed E-state index contributed by atoms with van der Waals surface area (Å²) in [6, 6.07) is 12.7. The summed E-state index contributed by atoms with van der Waals surface area (Å²) in [7, 11) is 0. The van der Waals surface area contributed by atoms with Crippen LogP contribution in [0.15, 0.2) is 46.9 Å². The number of hydrogen-bond donors (Lipinski definition) is 2. The van der Waals surface area contributed by atoms with Crippen molar-refractivity contribution in [3.05, 3.63) is 64.9 Å². The third-order valence-electron chi connectivity index (χ3n) is 4.93. The van der Waals surface area contributed by atoms with E-state index >= 15 is 0 Å². The summed E-state index contributed by atoms with van der Waals surface area (Å²) in [5, 5.41) is 1.06. The number of ether oxygens (including phenoxy) is 1. The van der Waals surface area contributed by atoms with Crippen molar-refractivity contribution in [2.45, 2.75) is 32.6 Å². The third kappa shape index (κ3) is 3.86. The van der Waals surface area contributed by atoms with Gasteiger partial charge in [0.2, 0.25) is 0 Å². The maximum atomic E-state index is 12.0. The van der Waals surface area contributed by atoms with Gasteiger partial charge in [-0.15, -0.1) is 0 Å². The molecule has 144 valence electrons. The minimum Gasteiger partial charge on any atom is -0.484 e. The number of amides is 2. The van der Waals surface area contributed by atoms with Gasteiger partial charge in [-0.25, -0.2) is 0 Å². The highest BCUT2D eigenvalue weighted by molar-refractivity contribution is 5.95. The number of benzene rings is 2. The van der Waals surface area contributed by atoms with Crippen LogP contribution in [0.1, 0.15) is 40.1 Å². The van der Waals surface area contributed by atoms with Crippen molar-refractivity contribution in [3.63, 3.8) is 0 Å². The largest absolute Gasteiger partial charge is 0.484 e. The Bertz CT molecular complexity index is 1020. The molecule has 1 aliphatic carbocycles. The van der Waals surface area contributed by atoms with Crippen molar-refractivity contribution in [3.8, 4) is 5.75 Å². The summed E-state index contributed by atoms with van der Waals surface area (Å²) in [4.78, 5) is 24.0. The second kappa shape index (κ2) is 7.76. The maximum Gasteiger partial charge on any atom is 0.276 e. The summed E-state index contributed by atoms with van der Waals surface area (Å²) in [5.41, 5.74) is 8.39. The molecule has 0 saturated heterocycles. The molecular formula is C22H22N2O4. The van der Waals surface area contributed by atoms with Crippen LogP contribution in [-0.4, -0.2) is 18.4 Å². The molecule has 28 heavy (non-hydrogen) atoms. The number of nitrogens with one attached hydrogen (secondary N) is 2. The van der Waals surface area contributed by atoms with E-state index in [4.69, 9.17) is 9.15 Å². The van der Waals surface area contributed by atoms with Crippen LogP contribution in [0.5, 0.6) is 5.75 Å². The molecule has 3 aromatic rings. The molecule has 0 unspecified atom stereocenters. The highest BCUT2D eigenvalue weighted by atomic mass is 16.5. The molecule has 2 N–H and O–H groups in total. The number of fused-ring (bicyclic) bond motifs is 3. The Balaban J connectivity index is 1.33. The maximum absolute atomic E-state index is 12.0. The second-order valence-corrected chi connectivity index (χ2v) is 7.03. The number of rotatable bonds is 4. The summed E-state index contributed by atoms with van der Waals surface area (Å²) >= 11 is 0. The Hall–Kier alpha value is -3.28. The third-order valence-corrected chi connectivity index (χ3v) is 4.93. The predicted molar refractivity (Wildman–Crippen MR) is 105 cm³/mol. The molecule has 1 aliphatic rings. The molecule has 0 aliphatic heterocycles. The summed E-state index contributed by atoms with van der Waals surface area (Å²) in [6.45, 7) is 1.75. The van der Waals surface area contributed by atoms with E-state index in [2.05, 4.69) is 10.9 Å². The Morgan fingerprint density at radius 3 is 2.64 bits per heavy atom. The number of carbonyl (C=O) groups is 2. The first-order valence-corrected chi connectivity index (χ1v) is 9.43. The van der Waals surface area contributed by atoms with Crippen LogP contribution in [0, 0.1) is 6.92 Å². The minimum atomic E-state index is -0.435. The minimum absolute atomic E-state index is 0.195. The molecule has 6 heteroatoms. The lowest BCUT2D eigenvalue weighted by atomic mass is 9.96. The monoisotopic (exact) mass is 378 g/mol. The summed E-state index contributed by atoms with van der Waals surface area (Å²) < 4.78 is 11.5. The number of hydrogen-bond acceptors (Lipinski definition) is 4. The van der Waals surface area contributed by atoms with Gasteiger partial charge < -0.3 is 9.15 Å². The average molecular weight is 378 g/mol. The summed E-state index contributed by atoms with van der Waals surface area (Å²) in [6.07, 6.45) is 4.31. The van der Waals surface area contributed by atoms with Crippen molar-refractivity contribution in [2.24, 2.45) is 0 Å². The number of carbonyl (C=O) groups excluding carboxylic acids is 2. The Labute approximate surface area is 162 Å². The quantitative estimate of drug-likeness (QED) is 0.682. The zero-order chi connectivity index (χ0) is 19.5. The van der Waals surface area contributed by atoms with Crippen LogP contribution in [0.2, 0.25) is 0 Å². The molecule has 0 atom stereocenters. The van der Waals surface area contributed by atoms with Crippen LogP contribution in [0.25, 0.3) is 11.0 Å². The van der Waals surface area contributed by atoms with Gasteiger partial charge in [-0.2, -0.15) is 0 Å². The van der Waals surface area contributed by atoms with E-state index in [1.807, 2.05) is 31.2 Å². The van der Waals surface area contributed by atoms with Crippen LogP contribution >= 0.6 is 0 Å². The van der Waals surface area contributed by atoms with E-state index in [1.165, 1.54) is 5.56 Å². The van der Waals surface area contributed by atoms with Crippen molar-refractivity contribution in [1.82, 2.24) is 10.9 Å². The molecule has 0 bridgehead atoms. The number of furan rings is 1. The van der Waals surface area contributed by atoms with Crippen molar-refractivity contribution < 1.29 is 18.7 Å². The zero-order valence-electron chi connectivity index (χ0n) is 15.7. The SMILES string of the molecule is Cc1ccc(C(=O)NNC(=O)COc2ccc3oc4c(c3c2)CCCC4)cc1. The Kier molecular flexibility index (Phi) is 5.02. The van der Waals surface area contributed by atoms with Crippen molar-refractivity contribution in [1.29, 1.82) is 0 Å². The molecule has 4 rings (SSSR count). The smallest absolute Gasteiger partial charge is 0.276 e. The first-order chi connectivity index (χ1) is 13.6. The summed E-state index contributed by atoms with van der Waals surface area (Å²) in [5.74, 6) is 0.853. The van der Waals surface area contributed by atoms with Gasteiger partial charge in [-0.05, 0) is 56.5 Å². The zero-order valence-corrected chi connectivity index (χ0v) is 15.7. The lowest BCUT2D eigenvalue weighted by molar-refractivity contribution is -0.123. The van der Waals surface area contributed by atoms with Gasteiger partial charge in [0, 0.05) is 22.9 Å². The fourth-order valence-electron chi connectivity index (χ4n) is 3.42. The van der Waals surface area contributed by atoms with Crippen LogP contribution < -0.4 is 15.6 Å². The molecule has 2 amide bonds. The van der Waals surface area contributed by atoms with E-state index in [0.717, 1.165) is 48.0 Å². The van der Waals surface area contributed by atoms with Gasteiger partial charge in [0.25, 0.3) is 11.8 Å². The van der Waals surface area contributed by atoms with E-state index in [9.17, 15) is 9.59 Å². The molecule has 0 fully saturated rings.